The molecule has 0 aromatic heterocycles. The number of hydrogen-bond acceptors (Lipinski definition) is 5. The number of amides is 2. The van der Waals surface area contributed by atoms with Crippen molar-refractivity contribution in [3.05, 3.63) is 51.0 Å². The molecule has 1 unspecified atom stereocenters. The van der Waals surface area contributed by atoms with Gasteiger partial charge in [-0.05, 0) is 36.6 Å². The van der Waals surface area contributed by atoms with E-state index in [0.717, 1.165) is 14.9 Å². The number of nitriles is 1. The van der Waals surface area contributed by atoms with Crippen molar-refractivity contribution in [1.29, 1.82) is 5.26 Å². The molecule has 2 amide bonds. The molecular formula is C18H15BrN2O4S. The maximum atomic E-state index is 13.0. The van der Waals surface area contributed by atoms with Gasteiger partial charge in [-0.3, -0.25) is 14.5 Å². The van der Waals surface area contributed by atoms with Crippen LogP contribution < -0.4 is 0 Å². The number of carbonyl (C=O) groups is 2. The predicted octanol–water partition coefficient (Wildman–Crippen LogP) is 2.23. The lowest BCUT2D eigenvalue weighted by atomic mass is 9.92. The van der Waals surface area contributed by atoms with Gasteiger partial charge in [0.05, 0.1) is 17.5 Å². The van der Waals surface area contributed by atoms with Gasteiger partial charge in [-0.15, -0.1) is 0 Å². The molecule has 0 N–H and O–H groups in total. The van der Waals surface area contributed by atoms with Gasteiger partial charge in [-0.2, -0.15) is 5.26 Å². The number of hydrogen-bond donors (Lipinski definition) is 0. The molecule has 3 rings (SSSR count). The van der Waals surface area contributed by atoms with Crippen LogP contribution in [0.25, 0.3) is 6.08 Å². The van der Waals surface area contributed by atoms with E-state index in [1.807, 2.05) is 18.2 Å². The first-order chi connectivity index (χ1) is 12.2. The molecule has 0 saturated carbocycles. The summed E-state index contributed by atoms with van der Waals surface area (Å²) >= 11 is 3.41. The summed E-state index contributed by atoms with van der Waals surface area (Å²) in [6, 6.07) is 8.38. The first-order valence-electron chi connectivity index (χ1n) is 7.91. The average Bonchev–Trinajstić information content (AvgIpc) is 2.93. The molecular weight excluding hydrogens is 420 g/mol. The standard InChI is InChI=1S/C18H15BrN2O4S/c1-11-14(8-12-4-2-3-5-16(12)19)17(22)21(18(23)15(11)9-20)13-6-7-26(24,25)10-13/h2-5,8,13H,6-7,10H2,1H3. The van der Waals surface area contributed by atoms with Gasteiger partial charge in [-0.1, -0.05) is 34.1 Å². The van der Waals surface area contributed by atoms with Crippen LogP contribution in [0.1, 0.15) is 18.9 Å². The summed E-state index contributed by atoms with van der Waals surface area (Å²) in [5.41, 5.74) is 1.11. The largest absolute Gasteiger partial charge is 0.271 e. The lowest BCUT2D eigenvalue weighted by Gasteiger charge is -2.31. The van der Waals surface area contributed by atoms with E-state index in [-0.39, 0.29) is 29.1 Å². The molecule has 8 heteroatoms. The number of benzene rings is 1. The minimum Gasteiger partial charge on any atom is -0.270 e. The Morgan fingerprint density at radius 3 is 2.54 bits per heavy atom. The van der Waals surface area contributed by atoms with Gasteiger partial charge in [0.25, 0.3) is 11.8 Å². The molecule has 1 aromatic rings. The number of nitrogens with zero attached hydrogens (tertiary/aromatic N) is 2. The van der Waals surface area contributed by atoms with E-state index in [2.05, 4.69) is 15.9 Å². The van der Waals surface area contributed by atoms with Crippen molar-refractivity contribution in [3.63, 3.8) is 0 Å². The molecule has 1 atom stereocenters. The van der Waals surface area contributed by atoms with Crippen LogP contribution in [0.5, 0.6) is 0 Å². The Balaban J connectivity index is 2.12. The van der Waals surface area contributed by atoms with Crippen molar-refractivity contribution >= 4 is 43.7 Å². The van der Waals surface area contributed by atoms with Crippen LogP contribution >= 0.6 is 15.9 Å². The second-order valence-corrected chi connectivity index (χ2v) is 9.31. The minimum absolute atomic E-state index is 0.0669. The third-order valence-corrected chi connectivity index (χ3v) is 7.02. The van der Waals surface area contributed by atoms with Gasteiger partial charge in [-0.25, -0.2) is 8.42 Å². The highest BCUT2D eigenvalue weighted by Crippen LogP contribution is 2.32. The Bertz CT molecular complexity index is 1020. The quantitative estimate of drug-likeness (QED) is 0.525. The molecule has 2 aliphatic heterocycles. The zero-order valence-corrected chi connectivity index (χ0v) is 16.3. The van der Waals surface area contributed by atoms with Crippen molar-refractivity contribution in [2.75, 3.05) is 11.5 Å². The third-order valence-electron chi connectivity index (χ3n) is 4.55. The molecule has 0 spiro atoms. The minimum atomic E-state index is -3.28. The number of rotatable bonds is 2. The van der Waals surface area contributed by atoms with Gasteiger partial charge in [0.2, 0.25) is 0 Å². The van der Waals surface area contributed by atoms with Crippen molar-refractivity contribution in [2.45, 2.75) is 19.4 Å². The summed E-state index contributed by atoms with van der Waals surface area (Å²) in [5, 5.41) is 9.40. The first kappa shape index (κ1) is 18.5. The number of carbonyl (C=O) groups excluding carboxylic acids is 2. The van der Waals surface area contributed by atoms with Crippen molar-refractivity contribution in [3.8, 4) is 6.07 Å². The second kappa shape index (κ2) is 6.82. The van der Waals surface area contributed by atoms with E-state index in [4.69, 9.17) is 0 Å². The summed E-state index contributed by atoms with van der Waals surface area (Å²) < 4.78 is 24.3. The molecule has 1 aromatic carbocycles. The molecule has 6 nitrogen and oxygen atoms in total. The number of imide groups is 1. The molecule has 0 radical (unpaired) electrons. The fourth-order valence-electron chi connectivity index (χ4n) is 3.16. The van der Waals surface area contributed by atoms with Crippen molar-refractivity contribution < 1.29 is 18.0 Å². The van der Waals surface area contributed by atoms with Crippen LogP contribution in [0.4, 0.5) is 0 Å². The fourth-order valence-corrected chi connectivity index (χ4v) is 5.26. The number of sulfone groups is 1. The molecule has 1 fully saturated rings. The predicted molar refractivity (Wildman–Crippen MR) is 99.3 cm³/mol. The molecule has 26 heavy (non-hydrogen) atoms. The monoisotopic (exact) mass is 434 g/mol. The molecule has 134 valence electrons. The highest BCUT2D eigenvalue weighted by Gasteiger charge is 2.43. The average molecular weight is 435 g/mol. The Morgan fingerprint density at radius 2 is 1.96 bits per heavy atom. The van der Waals surface area contributed by atoms with E-state index in [1.165, 1.54) is 0 Å². The highest BCUT2D eigenvalue weighted by atomic mass is 79.9. The Morgan fingerprint density at radius 1 is 1.27 bits per heavy atom. The Labute approximate surface area is 159 Å². The maximum Gasteiger partial charge on any atom is 0.271 e. The number of halogens is 1. The summed E-state index contributed by atoms with van der Waals surface area (Å²) in [5.74, 6) is -1.61. The fraction of sp³-hybridized carbons (Fsp3) is 0.278. The normalized spacial score (nSPS) is 24.3. The molecule has 0 bridgehead atoms. The maximum absolute atomic E-state index is 13.0. The summed E-state index contributed by atoms with van der Waals surface area (Å²) in [6.07, 6.45) is 1.81. The highest BCUT2D eigenvalue weighted by molar-refractivity contribution is 9.10. The summed E-state index contributed by atoms with van der Waals surface area (Å²) in [4.78, 5) is 26.6. The van der Waals surface area contributed by atoms with Crippen LogP contribution in [-0.4, -0.2) is 42.7 Å². The zero-order chi connectivity index (χ0) is 19.1. The smallest absolute Gasteiger partial charge is 0.270 e. The zero-order valence-electron chi connectivity index (χ0n) is 13.9. The van der Waals surface area contributed by atoms with E-state index in [1.54, 1.807) is 25.1 Å². The molecule has 1 saturated heterocycles. The van der Waals surface area contributed by atoms with Gasteiger partial charge >= 0.3 is 0 Å². The van der Waals surface area contributed by atoms with E-state index >= 15 is 0 Å². The Kier molecular flexibility index (Phi) is 4.86. The van der Waals surface area contributed by atoms with Gasteiger partial charge in [0.1, 0.15) is 11.6 Å². The lowest BCUT2D eigenvalue weighted by Crippen LogP contribution is -2.49. The molecule has 0 aliphatic carbocycles. The van der Waals surface area contributed by atoms with Crippen molar-refractivity contribution in [2.24, 2.45) is 0 Å². The second-order valence-electron chi connectivity index (χ2n) is 6.23. The van der Waals surface area contributed by atoms with Crippen LogP contribution in [0.15, 0.2) is 45.5 Å². The molecule has 2 heterocycles. The van der Waals surface area contributed by atoms with Crippen LogP contribution in [0, 0.1) is 11.3 Å². The summed E-state index contributed by atoms with van der Waals surface area (Å²) in [7, 11) is -3.28. The first-order valence-corrected chi connectivity index (χ1v) is 10.5. The summed E-state index contributed by atoms with van der Waals surface area (Å²) in [6.45, 7) is 1.56. The van der Waals surface area contributed by atoms with E-state index < -0.39 is 27.7 Å². The van der Waals surface area contributed by atoms with Gasteiger partial charge in [0.15, 0.2) is 9.84 Å². The third kappa shape index (κ3) is 3.24. The van der Waals surface area contributed by atoms with Crippen LogP contribution in [0.3, 0.4) is 0 Å². The van der Waals surface area contributed by atoms with E-state index in [0.29, 0.717) is 5.57 Å². The van der Waals surface area contributed by atoms with Gasteiger partial charge < -0.3 is 0 Å². The van der Waals surface area contributed by atoms with Gasteiger partial charge in [0, 0.05) is 10.0 Å². The van der Waals surface area contributed by atoms with Crippen LogP contribution in [-0.2, 0) is 19.4 Å². The topological polar surface area (TPSA) is 95.3 Å². The molecule has 2 aliphatic rings. The Hall–Kier alpha value is -2.24. The van der Waals surface area contributed by atoms with Crippen molar-refractivity contribution in [1.82, 2.24) is 4.90 Å². The van der Waals surface area contributed by atoms with Crippen LogP contribution in [0.2, 0.25) is 0 Å². The SMILES string of the molecule is CC1=C(C#N)C(=O)N(C2CCS(=O)(=O)C2)C(=O)C1=Cc1ccccc1Br. The van der Waals surface area contributed by atoms with E-state index in [9.17, 15) is 23.3 Å². The lowest BCUT2D eigenvalue weighted by molar-refractivity contribution is -0.142.